The molecule has 1 heterocycles. The van der Waals surface area contributed by atoms with E-state index in [1.807, 2.05) is 13.8 Å². The lowest BCUT2D eigenvalue weighted by Crippen LogP contribution is -2.07. The first-order chi connectivity index (χ1) is 9.91. The van der Waals surface area contributed by atoms with Crippen LogP contribution in [0, 0.1) is 0 Å². The highest BCUT2D eigenvalue weighted by atomic mass is 32.2. The first-order valence-electron chi connectivity index (χ1n) is 6.22. The highest BCUT2D eigenvalue weighted by molar-refractivity contribution is 7.99. The molecule has 0 aliphatic carbocycles. The van der Waals surface area contributed by atoms with E-state index in [2.05, 4.69) is 10.2 Å². The third kappa shape index (κ3) is 3.10. The van der Waals surface area contributed by atoms with Gasteiger partial charge in [-0.25, -0.2) is 0 Å². The van der Waals surface area contributed by atoms with Crippen LogP contribution >= 0.6 is 11.8 Å². The van der Waals surface area contributed by atoms with Crippen LogP contribution in [0.1, 0.15) is 19.9 Å². The quantitative estimate of drug-likeness (QED) is 0.726. The molecule has 1 aromatic carbocycles. The number of hydrogen-bond acceptors (Lipinski definition) is 6. The van der Waals surface area contributed by atoms with Gasteiger partial charge >= 0.3 is 5.97 Å². The molecule has 112 valence electrons. The van der Waals surface area contributed by atoms with Gasteiger partial charge < -0.3 is 15.3 Å². The Bertz CT molecular complexity index is 649. The molecule has 0 saturated carbocycles. The molecular formula is C13H15N3O4S. The Balaban J connectivity index is 2.52. The Kier molecular flexibility index (Phi) is 4.37. The van der Waals surface area contributed by atoms with Gasteiger partial charge in [0.2, 0.25) is 0 Å². The number of nitrogens with zero attached hydrogens (tertiary/aromatic N) is 3. The van der Waals surface area contributed by atoms with Crippen LogP contribution in [0.15, 0.2) is 23.4 Å². The summed E-state index contributed by atoms with van der Waals surface area (Å²) in [6.07, 6.45) is 0. The van der Waals surface area contributed by atoms with Crippen LogP contribution in [-0.2, 0) is 4.79 Å². The Morgan fingerprint density at radius 1 is 1.29 bits per heavy atom. The molecule has 0 unspecified atom stereocenters. The molecule has 0 saturated heterocycles. The maximum absolute atomic E-state index is 10.7. The number of aromatic nitrogens is 3. The summed E-state index contributed by atoms with van der Waals surface area (Å²) in [5.41, 5.74) is 0.181. The minimum atomic E-state index is -0.953. The first kappa shape index (κ1) is 15.2. The minimum absolute atomic E-state index is 0.0645. The molecule has 0 radical (unpaired) electrons. The number of aliphatic carboxylic acids is 1. The van der Waals surface area contributed by atoms with E-state index in [4.69, 9.17) is 5.11 Å². The largest absolute Gasteiger partial charge is 0.507 e. The van der Waals surface area contributed by atoms with E-state index in [1.165, 1.54) is 18.2 Å². The van der Waals surface area contributed by atoms with E-state index in [-0.39, 0.29) is 28.9 Å². The SMILES string of the molecule is CC(C)n1c(SCC(=O)O)nnc1-c1c(O)cccc1O. The van der Waals surface area contributed by atoms with Crippen molar-refractivity contribution in [3.05, 3.63) is 18.2 Å². The van der Waals surface area contributed by atoms with Crippen LogP contribution in [0.3, 0.4) is 0 Å². The highest BCUT2D eigenvalue weighted by Gasteiger charge is 2.22. The van der Waals surface area contributed by atoms with Crippen LogP contribution in [-0.4, -0.2) is 41.8 Å². The fraction of sp³-hybridized carbons (Fsp3) is 0.308. The number of rotatable bonds is 5. The van der Waals surface area contributed by atoms with Crippen molar-refractivity contribution in [1.82, 2.24) is 14.8 Å². The Morgan fingerprint density at radius 2 is 1.90 bits per heavy atom. The smallest absolute Gasteiger partial charge is 0.313 e. The van der Waals surface area contributed by atoms with Gasteiger partial charge in [-0.2, -0.15) is 0 Å². The fourth-order valence-corrected chi connectivity index (χ4v) is 2.68. The average Bonchev–Trinajstić information content (AvgIpc) is 2.80. The summed E-state index contributed by atoms with van der Waals surface area (Å²) in [5.74, 6) is -1.02. The van der Waals surface area contributed by atoms with E-state index in [9.17, 15) is 15.0 Å². The zero-order valence-corrected chi connectivity index (χ0v) is 12.3. The van der Waals surface area contributed by atoms with Gasteiger partial charge in [-0.1, -0.05) is 17.8 Å². The number of phenolic OH excluding ortho intramolecular Hbond substituents is 2. The monoisotopic (exact) mass is 309 g/mol. The van der Waals surface area contributed by atoms with Crippen molar-refractivity contribution in [2.24, 2.45) is 0 Å². The van der Waals surface area contributed by atoms with Gasteiger partial charge in [-0.05, 0) is 26.0 Å². The van der Waals surface area contributed by atoms with Gasteiger partial charge in [0.05, 0.1) is 5.75 Å². The zero-order valence-electron chi connectivity index (χ0n) is 11.5. The summed E-state index contributed by atoms with van der Waals surface area (Å²) in [5, 5.41) is 37.0. The third-order valence-corrected chi connectivity index (χ3v) is 3.68. The lowest BCUT2D eigenvalue weighted by molar-refractivity contribution is -0.133. The van der Waals surface area contributed by atoms with Crippen molar-refractivity contribution < 1.29 is 20.1 Å². The van der Waals surface area contributed by atoms with Crippen molar-refractivity contribution in [3.8, 4) is 22.9 Å². The number of benzene rings is 1. The van der Waals surface area contributed by atoms with Crippen LogP contribution in [0.25, 0.3) is 11.4 Å². The van der Waals surface area contributed by atoms with Crippen LogP contribution < -0.4 is 0 Å². The van der Waals surface area contributed by atoms with E-state index in [0.717, 1.165) is 11.8 Å². The topological polar surface area (TPSA) is 108 Å². The zero-order chi connectivity index (χ0) is 15.6. The summed E-state index contributed by atoms with van der Waals surface area (Å²) in [6, 6.07) is 4.34. The van der Waals surface area contributed by atoms with Gasteiger partial charge in [-0.15, -0.1) is 10.2 Å². The van der Waals surface area contributed by atoms with Crippen molar-refractivity contribution in [2.75, 3.05) is 5.75 Å². The number of carboxylic acid groups (broad SMARTS) is 1. The molecule has 2 aromatic rings. The van der Waals surface area contributed by atoms with Crippen molar-refractivity contribution in [1.29, 1.82) is 0 Å². The van der Waals surface area contributed by atoms with E-state index >= 15 is 0 Å². The van der Waals surface area contributed by atoms with Crippen molar-refractivity contribution in [2.45, 2.75) is 25.0 Å². The second kappa shape index (κ2) is 6.04. The molecule has 8 heteroatoms. The summed E-state index contributed by atoms with van der Waals surface area (Å²) in [6.45, 7) is 3.77. The summed E-state index contributed by atoms with van der Waals surface area (Å²) >= 11 is 1.04. The molecule has 0 bridgehead atoms. The number of carbonyl (C=O) groups is 1. The maximum atomic E-state index is 10.7. The normalized spacial score (nSPS) is 11.0. The molecule has 0 fully saturated rings. The number of carboxylic acids is 1. The van der Waals surface area contributed by atoms with Crippen LogP contribution in [0.4, 0.5) is 0 Å². The van der Waals surface area contributed by atoms with Gasteiger partial charge in [0.1, 0.15) is 17.1 Å². The fourth-order valence-electron chi connectivity index (χ4n) is 1.90. The number of phenols is 2. The van der Waals surface area contributed by atoms with Crippen LogP contribution in [0.5, 0.6) is 11.5 Å². The Hall–Kier alpha value is -2.22. The second-order valence-corrected chi connectivity index (χ2v) is 5.57. The molecule has 0 aliphatic heterocycles. The number of thioether (sulfide) groups is 1. The molecule has 0 amide bonds. The predicted octanol–water partition coefficient (Wildman–Crippen LogP) is 2.11. The van der Waals surface area contributed by atoms with Crippen molar-refractivity contribution >= 4 is 17.7 Å². The highest BCUT2D eigenvalue weighted by Crippen LogP contribution is 2.38. The Morgan fingerprint density at radius 3 is 2.43 bits per heavy atom. The van der Waals surface area contributed by atoms with Gasteiger partial charge in [0, 0.05) is 6.04 Å². The maximum Gasteiger partial charge on any atom is 0.313 e. The number of hydrogen-bond donors (Lipinski definition) is 3. The molecule has 0 atom stereocenters. The molecule has 2 rings (SSSR count). The van der Waals surface area contributed by atoms with Crippen LogP contribution in [0.2, 0.25) is 0 Å². The molecular weight excluding hydrogens is 294 g/mol. The van der Waals surface area contributed by atoms with E-state index in [0.29, 0.717) is 11.0 Å². The molecule has 7 nitrogen and oxygen atoms in total. The molecule has 21 heavy (non-hydrogen) atoms. The predicted molar refractivity (Wildman–Crippen MR) is 77.5 cm³/mol. The Labute approximate surface area is 125 Å². The number of aromatic hydroxyl groups is 2. The van der Waals surface area contributed by atoms with Crippen molar-refractivity contribution in [3.63, 3.8) is 0 Å². The third-order valence-electron chi connectivity index (χ3n) is 2.75. The standard InChI is InChI=1S/C13H15N3O4S/c1-7(2)16-12(11-8(17)4-3-5-9(11)18)14-15-13(16)21-6-10(19)20/h3-5,7,17-18H,6H2,1-2H3,(H,19,20). The second-order valence-electron chi connectivity index (χ2n) is 4.62. The van der Waals surface area contributed by atoms with Gasteiger partial charge in [0.15, 0.2) is 11.0 Å². The van der Waals surface area contributed by atoms with E-state index < -0.39 is 5.97 Å². The lowest BCUT2D eigenvalue weighted by Gasteiger charge is -2.14. The molecule has 3 N–H and O–H groups in total. The first-order valence-corrected chi connectivity index (χ1v) is 7.21. The van der Waals surface area contributed by atoms with Gasteiger partial charge in [0.25, 0.3) is 0 Å². The van der Waals surface area contributed by atoms with E-state index in [1.54, 1.807) is 4.57 Å². The average molecular weight is 309 g/mol. The lowest BCUT2D eigenvalue weighted by atomic mass is 10.1. The molecule has 0 aliphatic rings. The summed E-state index contributed by atoms with van der Waals surface area (Å²) < 4.78 is 1.68. The minimum Gasteiger partial charge on any atom is -0.507 e. The molecule has 1 aromatic heterocycles. The summed E-state index contributed by atoms with van der Waals surface area (Å²) in [4.78, 5) is 10.7. The molecule has 0 spiro atoms. The summed E-state index contributed by atoms with van der Waals surface area (Å²) in [7, 11) is 0. The van der Waals surface area contributed by atoms with Gasteiger partial charge in [-0.3, -0.25) is 9.36 Å².